The summed E-state index contributed by atoms with van der Waals surface area (Å²) < 4.78 is 6.91. The van der Waals surface area contributed by atoms with Gasteiger partial charge in [0.2, 0.25) is 5.91 Å². The van der Waals surface area contributed by atoms with Crippen LogP contribution >= 0.6 is 11.8 Å². The molecule has 1 heterocycles. The molecule has 0 unspecified atom stereocenters. The van der Waals surface area contributed by atoms with Gasteiger partial charge in [-0.05, 0) is 13.0 Å². The first-order valence-corrected chi connectivity index (χ1v) is 7.66. The number of hydrogen-bond donors (Lipinski definition) is 1. The lowest BCUT2D eigenvalue weighted by Crippen LogP contribution is -2.15. The quantitative estimate of drug-likeness (QED) is 0.467. The molecule has 0 atom stereocenters. The van der Waals surface area contributed by atoms with Crippen LogP contribution in [-0.2, 0) is 11.3 Å². The molecular weight excluding hydrogens is 322 g/mol. The number of carbonyl (C=O) groups excluding carboxylic acids is 1. The van der Waals surface area contributed by atoms with Crippen molar-refractivity contribution in [1.29, 1.82) is 0 Å². The summed E-state index contributed by atoms with van der Waals surface area (Å²) in [5, 5.41) is 21.8. The third-order valence-corrected chi connectivity index (χ3v) is 3.90. The Labute approximate surface area is 136 Å². The number of anilines is 1. The normalized spacial score (nSPS) is 10.3. The summed E-state index contributed by atoms with van der Waals surface area (Å²) in [6.45, 7) is 2.65. The van der Waals surface area contributed by atoms with Crippen LogP contribution in [0.25, 0.3) is 0 Å². The van der Waals surface area contributed by atoms with Gasteiger partial charge in [0.25, 0.3) is 5.69 Å². The first kappa shape index (κ1) is 16.7. The zero-order valence-corrected chi connectivity index (χ0v) is 13.4. The van der Waals surface area contributed by atoms with Crippen molar-refractivity contribution in [3.8, 4) is 5.75 Å². The molecule has 0 saturated carbocycles. The standard InChI is InChI=1S/C13H15N5O4S/c1-3-17-8-14-16-13(17)23-7-12(19)15-10-6-9(18(20)21)4-5-11(10)22-2/h4-6,8H,3,7H2,1-2H3,(H,15,19). The van der Waals surface area contributed by atoms with Gasteiger partial charge < -0.3 is 14.6 Å². The number of methoxy groups -OCH3 is 1. The Bertz CT molecular complexity index is 718. The Kier molecular flexibility index (Phi) is 5.52. The van der Waals surface area contributed by atoms with Crippen LogP contribution in [-0.4, -0.2) is 38.5 Å². The van der Waals surface area contributed by atoms with Crippen LogP contribution in [0.2, 0.25) is 0 Å². The molecular formula is C13H15N5O4S. The summed E-state index contributed by atoms with van der Waals surface area (Å²) in [6.07, 6.45) is 1.59. The van der Waals surface area contributed by atoms with Gasteiger partial charge in [0.05, 0.1) is 23.5 Å². The molecule has 23 heavy (non-hydrogen) atoms. The lowest BCUT2D eigenvalue weighted by atomic mass is 10.2. The summed E-state index contributed by atoms with van der Waals surface area (Å²) in [5.74, 6) is 0.134. The van der Waals surface area contributed by atoms with Crippen LogP contribution in [0.5, 0.6) is 5.75 Å². The van der Waals surface area contributed by atoms with Crippen LogP contribution in [0.1, 0.15) is 6.92 Å². The summed E-state index contributed by atoms with van der Waals surface area (Å²) in [5.41, 5.74) is 0.128. The van der Waals surface area contributed by atoms with Crippen LogP contribution in [0, 0.1) is 10.1 Å². The average Bonchev–Trinajstić information content (AvgIpc) is 3.00. The lowest BCUT2D eigenvalue weighted by Gasteiger charge is -2.09. The number of nitrogens with one attached hydrogen (secondary N) is 1. The molecule has 0 saturated heterocycles. The number of nitro groups is 1. The number of non-ortho nitro benzene ring substituents is 1. The highest BCUT2D eigenvalue weighted by molar-refractivity contribution is 7.99. The van der Waals surface area contributed by atoms with E-state index in [9.17, 15) is 14.9 Å². The summed E-state index contributed by atoms with van der Waals surface area (Å²) in [7, 11) is 1.43. The van der Waals surface area contributed by atoms with Gasteiger partial charge >= 0.3 is 0 Å². The Morgan fingerprint density at radius 3 is 2.96 bits per heavy atom. The number of amides is 1. The minimum absolute atomic E-state index is 0.102. The fourth-order valence-electron chi connectivity index (χ4n) is 1.80. The number of carbonyl (C=O) groups is 1. The van der Waals surface area contributed by atoms with Gasteiger partial charge in [0.1, 0.15) is 12.1 Å². The first-order valence-electron chi connectivity index (χ1n) is 6.68. The van der Waals surface area contributed by atoms with Gasteiger partial charge in [0, 0.05) is 18.7 Å². The predicted molar refractivity (Wildman–Crippen MR) is 84.7 cm³/mol. The number of aromatic nitrogens is 3. The number of rotatable bonds is 7. The first-order chi connectivity index (χ1) is 11.0. The fraction of sp³-hybridized carbons (Fsp3) is 0.308. The molecule has 0 radical (unpaired) electrons. The highest BCUT2D eigenvalue weighted by atomic mass is 32.2. The molecule has 1 aromatic heterocycles. The third kappa shape index (κ3) is 4.19. The van der Waals surface area contributed by atoms with Crippen LogP contribution in [0.3, 0.4) is 0 Å². The number of nitro benzene ring substituents is 1. The molecule has 2 rings (SSSR count). The Morgan fingerprint density at radius 2 is 2.30 bits per heavy atom. The molecule has 10 heteroatoms. The van der Waals surface area contributed by atoms with E-state index in [1.807, 2.05) is 11.5 Å². The number of thioether (sulfide) groups is 1. The van der Waals surface area contributed by atoms with Crippen LogP contribution in [0.4, 0.5) is 11.4 Å². The molecule has 0 aliphatic heterocycles. The highest BCUT2D eigenvalue weighted by Gasteiger charge is 2.14. The zero-order chi connectivity index (χ0) is 16.8. The van der Waals surface area contributed by atoms with Crippen molar-refractivity contribution < 1.29 is 14.5 Å². The second-order valence-corrected chi connectivity index (χ2v) is 5.32. The highest BCUT2D eigenvalue weighted by Crippen LogP contribution is 2.29. The SMILES string of the molecule is CCn1cnnc1SCC(=O)Nc1cc([N+](=O)[O-])ccc1OC. The van der Waals surface area contributed by atoms with Crippen LogP contribution in [0.15, 0.2) is 29.7 Å². The van der Waals surface area contributed by atoms with Gasteiger partial charge in [-0.2, -0.15) is 0 Å². The van der Waals surface area contributed by atoms with E-state index in [1.165, 1.54) is 37.1 Å². The van der Waals surface area contributed by atoms with Crippen molar-refractivity contribution in [1.82, 2.24) is 14.8 Å². The lowest BCUT2D eigenvalue weighted by molar-refractivity contribution is -0.384. The van der Waals surface area contributed by atoms with Gasteiger partial charge in [0.15, 0.2) is 5.16 Å². The molecule has 122 valence electrons. The van der Waals surface area contributed by atoms with Crippen molar-refractivity contribution in [3.05, 3.63) is 34.6 Å². The average molecular weight is 337 g/mol. The van der Waals surface area contributed by atoms with E-state index < -0.39 is 4.92 Å². The van der Waals surface area contributed by atoms with E-state index in [-0.39, 0.29) is 23.0 Å². The number of hydrogen-bond acceptors (Lipinski definition) is 7. The van der Waals surface area contributed by atoms with Crippen molar-refractivity contribution in [3.63, 3.8) is 0 Å². The molecule has 1 amide bonds. The Morgan fingerprint density at radius 1 is 1.52 bits per heavy atom. The van der Waals surface area contributed by atoms with Crippen LogP contribution < -0.4 is 10.1 Å². The van der Waals surface area contributed by atoms with Crippen molar-refractivity contribution in [2.24, 2.45) is 0 Å². The molecule has 1 N–H and O–H groups in total. The summed E-state index contributed by atoms with van der Waals surface area (Å²) in [4.78, 5) is 22.3. The summed E-state index contributed by atoms with van der Waals surface area (Å²) in [6, 6.07) is 4.01. The van der Waals surface area contributed by atoms with E-state index in [2.05, 4.69) is 15.5 Å². The van der Waals surface area contributed by atoms with Crippen molar-refractivity contribution in [2.45, 2.75) is 18.6 Å². The number of aryl methyl sites for hydroxylation is 1. The van der Waals surface area contributed by atoms with Gasteiger partial charge in [-0.3, -0.25) is 14.9 Å². The largest absolute Gasteiger partial charge is 0.495 e. The predicted octanol–water partition coefficient (Wildman–Crippen LogP) is 1.95. The maximum atomic E-state index is 12.0. The maximum Gasteiger partial charge on any atom is 0.271 e. The van der Waals surface area contributed by atoms with E-state index in [1.54, 1.807) is 6.33 Å². The molecule has 1 aromatic carbocycles. The van der Waals surface area contributed by atoms with E-state index in [0.29, 0.717) is 17.5 Å². The Hall–Kier alpha value is -2.62. The number of benzene rings is 1. The van der Waals surface area contributed by atoms with Gasteiger partial charge in [-0.25, -0.2) is 0 Å². The molecule has 0 bridgehead atoms. The zero-order valence-electron chi connectivity index (χ0n) is 12.6. The minimum Gasteiger partial charge on any atom is -0.495 e. The topological polar surface area (TPSA) is 112 Å². The monoisotopic (exact) mass is 337 g/mol. The molecule has 9 nitrogen and oxygen atoms in total. The van der Waals surface area contributed by atoms with E-state index >= 15 is 0 Å². The van der Waals surface area contributed by atoms with Gasteiger partial charge in [-0.15, -0.1) is 10.2 Å². The van der Waals surface area contributed by atoms with E-state index in [4.69, 9.17) is 4.74 Å². The van der Waals surface area contributed by atoms with Crippen molar-refractivity contribution in [2.75, 3.05) is 18.2 Å². The number of ether oxygens (including phenoxy) is 1. The Balaban J connectivity index is 2.04. The second-order valence-electron chi connectivity index (χ2n) is 4.38. The summed E-state index contributed by atoms with van der Waals surface area (Å²) >= 11 is 1.23. The molecule has 0 aliphatic carbocycles. The molecule has 0 fully saturated rings. The molecule has 0 spiro atoms. The third-order valence-electron chi connectivity index (χ3n) is 2.92. The molecule has 0 aliphatic rings. The smallest absolute Gasteiger partial charge is 0.271 e. The fourth-order valence-corrected chi connectivity index (χ4v) is 2.58. The van der Waals surface area contributed by atoms with Crippen molar-refractivity contribution >= 4 is 29.0 Å². The van der Waals surface area contributed by atoms with Gasteiger partial charge in [-0.1, -0.05) is 11.8 Å². The maximum absolute atomic E-state index is 12.0. The second kappa shape index (κ2) is 7.58. The van der Waals surface area contributed by atoms with E-state index in [0.717, 1.165) is 0 Å². The minimum atomic E-state index is -0.534. The molecule has 2 aromatic rings. The number of nitrogens with zero attached hydrogens (tertiary/aromatic N) is 4.